The molecule has 2 aromatic heterocycles. The molecule has 0 aliphatic carbocycles. The van der Waals surface area contributed by atoms with Crippen molar-refractivity contribution >= 4 is 52.3 Å². The Balaban J connectivity index is 1.56. The number of ether oxygens (including phenoxy) is 1. The third-order valence-corrected chi connectivity index (χ3v) is 5.45. The van der Waals surface area contributed by atoms with E-state index < -0.39 is 23.1 Å². The molecule has 4 rings (SSSR count). The fourth-order valence-corrected chi connectivity index (χ4v) is 3.73. The van der Waals surface area contributed by atoms with Gasteiger partial charge in [0, 0.05) is 11.2 Å². The molecule has 4 aromatic rings. The van der Waals surface area contributed by atoms with E-state index in [2.05, 4.69) is 25.8 Å². The summed E-state index contributed by atoms with van der Waals surface area (Å²) in [5, 5.41) is 12.8. The molecule has 2 N–H and O–H groups in total. The number of nitro groups is 1. The highest BCUT2D eigenvalue weighted by Crippen LogP contribution is 2.36. The number of benzene rings is 2. The van der Waals surface area contributed by atoms with Gasteiger partial charge in [-0.3, -0.25) is 25.8 Å². The van der Waals surface area contributed by atoms with Crippen LogP contribution in [-0.2, 0) is 11.3 Å². The molecule has 0 unspecified atom stereocenters. The molecular formula is C24H19Cl2N7O4. The van der Waals surface area contributed by atoms with Crippen molar-refractivity contribution in [1.29, 1.82) is 0 Å². The van der Waals surface area contributed by atoms with Gasteiger partial charge in [-0.25, -0.2) is 15.0 Å². The van der Waals surface area contributed by atoms with Gasteiger partial charge in [0.25, 0.3) is 5.91 Å². The number of hydrogen-bond acceptors (Lipinski definition) is 9. The van der Waals surface area contributed by atoms with Crippen LogP contribution in [0.1, 0.15) is 5.56 Å². The third kappa shape index (κ3) is 6.60. The van der Waals surface area contributed by atoms with E-state index in [1.54, 1.807) is 35.4 Å². The van der Waals surface area contributed by atoms with Crippen molar-refractivity contribution in [3.05, 3.63) is 105 Å². The number of halogens is 2. The minimum absolute atomic E-state index is 0.0106. The molecule has 13 heteroatoms. The Morgan fingerprint density at radius 2 is 1.81 bits per heavy atom. The minimum atomic E-state index is -0.633. The van der Waals surface area contributed by atoms with E-state index >= 15 is 0 Å². The number of carbonyl (C=O) groups excluding carboxylic acids is 1. The number of hydrazine groups is 1. The van der Waals surface area contributed by atoms with Crippen molar-refractivity contribution in [2.24, 2.45) is 0 Å². The van der Waals surface area contributed by atoms with Gasteiger partial charge < -0.3 is 9.64 Å². The van der Waals surface area contributed by atoms with Crippen LogP contribution >= 0.6 is 23.2 Å². The second kappa shape index (κ2) is 12.0. The lowest BCUT2D eigenvalue weighted by atomic mass is 10.2. The molecule has 0 aliphatic rings. The third-order valence-electron chi connectivity index (χ3n) is 4.92. The first-order valence-electron chi connectivity index (χ1n) is 10.8. The lowest BCUT2D eigenvalue weighted by Gasteiger charge is -2.23. The number of aromatic nitrogens is 3. The van der Waals surface area contributed by atoms with Crippen LogP contribution in [0.3, 0.4) is 0 Å². The second-order valence-electron chi connectivity index (χ2n) is 7.45. The maximum absolute atomic E-state index is 12.3. The average molecular weight is 540 g/mol. The fourth-order valence-electron chi connectivity index (χ4n) is 3.27. The predicted molar refractivity (Wildman–Crippen MR) is 139 cm³/mol. The van der Waals surface area contributed by atoms with Crippen molar-refractivity contribution in [2.45, 2.75) is 6.54 Å². The molecule has 0 atom stereocenters. The highest BCUT2D eigenvalue weighted by Gasteiger charge is 2.29. The summed E-state index contributed by atoms with van der Waals surface area (Å²) in [4.78, 5) is 37.9. The molecule has 37 heavy (non-hydrogen) atoms. The highest BCUT2D eigenvalue weighted by atomic mass is 35.5. The van der Waals surface area contributed by atoms with Gasteiger partial charge in [0.15, 0.2) is 6.61 Å². The first-order chi connectivity index (χ1) is 17.9. The van der Waals surface area contributed by atoms with Crippen molar-refractivity contribution in [1.82, 2.24) is 20.4 Å². The van der Waals surface area contributed by atoms with Gasteiger partial charge in [0.2, 0.25) is 11.6 Å². The van der Waals surface area contributed by atoms with E-state index in [1.165, 1.54) is 12.1 Å². The van der Waals surface area contributed by atoms with Crippen LogP contribution in [0.15, 0.2) is 79.3 Å². The van der Waals surface area contributed by atoms with Crippen LogP contribution in [0, 0.1) is 10.1 Å². The summed E-state index contributed by atoms with van der Waals surface area (Å²) >= 11 is 11.9. The monoisotopic (exact) mass is 539 g/mol. The first-order valence-corrected chi connectivity index (χ1v) is 11.5. The lowest BCUT2D eigenvalue weighted by Crippen LogP contribution is -2.34. The van der Waals surface area contributed by atoms with Gasteiger partial charge in [-0.15, -0.1) is 0 Å². The number of nitrogens with one attached hydrogen (secondary N) is 2. The molecule has 0 aliphatic heterocycles. The molecule has 2 aromatic carbocycles. The highest BCUT2D eigenvalue weighted by molar-refractivity contribution is 6.35. The fraction of sp³-hybridized carbons (Fsp3) is 0.0833. The second-order valence-corrected chi connectivity index (χ2v) is 8.29. The molecule has 0 bridgehead atoms. The predicted octanol–water partition coefficient (Wildman–Crippen LogP) is 4.95. The molecule has 188 valence electrons. The summed E-state index contributed by atoms with van der Waals surface area (Å²) in [7, 11) is 0. The summed E-state index contributed by atoms with van der Waals surface area (Å²) in [6.07, 6.45) is 2.73. The lowest BCUT2D eigenvalue weighted by molar-refractivity contribution is -0.383. The number of pyridine rings is 1. The van der Waals surface area contributed by atoms with E-state index in [4.69, 9.17) is 27.9 Å². The molecule has 1 amide bonds. The number of nitrogens with zero attached hydrogens (tertiary/aromatic N) is 5. The van der Waals surface area contributed by atoms with Crippen molar-refractivity contribution in [3.8, 4) is 5.75 Å². The smallest absolute Gasteiger partial charge is 0.355 e. The minimum Gasteiger partial charge on any atom is -0.482 e. The van der Waals surface area contributed by atoms with Crippen LogP contribution in [0.4, 0.5) is 23.1 Å². The normalized spacial score (nSPS) is 10.4. The Kier molecular flexibility index (Phi) is 8.29. The quantitative estimate of drug-likeness (QED) is 0.212. The van der Waals surface area contributed by atoms with E-state index in [-0.39, 0.29) is 29.0 Å². The van der Waals surface area contributed by atoms with Gasteiger partial charge in [-0.2, -0.15) is 0 Å². The molecule has 2 heterocycles. The molecule has 0 fully saturated rings. The Morgan fingerprint density at radius 1 is 1.03 bits per heavy atom. The van der Waals surface area contributed by atoms with Gasteiger partial charge in [0.05, 0.1) is 16.5 Å². The summed E-state index contributed by atoms with van der Waals surface area (Å²) in [6.45, 7) is -0.175. The SMILES string of the molecule is O=C(COc1ccc(Cl)cc1Cl)NNc1ncnc(N(Cc2ccccc2)c2ccccn2)c1[N+](=O)[O-]. The maximum atomic E-state index is 12.3. The van der Waals surface area contributed by atoms with Crippen LogP contribution in [0.2, 0.25) is 10.0 Å². The number of carbonyl (C=O) groups is 1. The molecule has 0 spiro atoms. The molecule has 11 nitrogen and oxygen atoms in total. The summed E-state index contributed by atoms with van der Waals surface area (Å²) in [6, 6.07) is 19.1. The van der Waals surface area contributed by atoms with Crippen molar-refractivity contribution in [2.75, 3.05) is 16.9 Å². The topological polar surface area (TPSA) is 135 Å². The summed E-state index contributed by atoms with van der Waals surface area (Å²) in [5.74, 6) is -0.170. The van der Waals surface area contributed by atoms with Gasteiger partial charge in [0.1, 0.15) is 17.9 Å². The Hall–Kier alpha value is -4.48. The summed E-state index contributed by atoms with van der Waals surface area (Å²) in [5.41, 5.74) is 5.25. The van der Waals surface area contributed by atoms with E-state index in [0.29, 0.717) is 10.8 Å². The van der Waals surface area contributed by atoms with E-state index in [0.717, 1.165) is 11.9 Å². The molecule has 0 saturated carbocycles. The maximum Gasteiger partial charge on any atom is 0.355 e. The zero-order chi connectivity index (χ0) is 26.2. The van der Waals surface area contributed by atoms with Crippen LogP contribution < -0.4 is 20.5 Å². The largest absolute Gasteiger partial charge is 0.482 e. The zero-order valence-electron chi connectivity index (χ0n) is 19.0. The van der Waals surface area contributed by atoms with Gasteiger partial charge >= 0.3 is 5.69 Å². The Bertz CT molecular complexity index is 1390. The van der Waals surface area contributed by atoms with E-state index in [1.807, 2.05) is 30.3 Å². The average Bonchev–Trinajstić information content (AvgIpc) is 2.91. The first kappa shape index (κ1) is 25.6. The Morgan fingerprint density at radius 3 is 2.51 bits per heavy atom. The van der Waals surface area contributed by atoms with Crippen molar-refractivity contribution < 1.29 is 14.5 Å². The zero-order valence-corrected chi connectivity index (χ0v) is 20.6. The van der Waals surface area contributed by atoms with Crippen molar-refractivity contribution in [3.63, 3.8) is 0 Å². The van der Waals surface area contributed by atoms with Crippen LogP contribution in [0.5, 0.6) is 5.75 Å². The molecule has 0 radical (unpaired) electrons. The van der Waals surface area contributed by atoms with Crippen LogP contribution in [0.25, 0.3) is 0 Å². The number of rotatable bonds is 10. The van der Waals surface area contributed by atoms with Gasteiger partial charge in [-0.05, 0) is 35.9 Å². The summed E-state index contributed by atoms with van der Waals surface area (Å²) < 4.78 is 5.38. The number of hydrogen-bond donors (Lipinski definition) is 2. The van der Waals surface area contributed by atoms with Gasteiger partial charge in [-0.1, -0.05) is 59.6 Å². The Labute approximate surface area is 221 Å². The van der Waals surface area contributed by atoms with Crippen LogP contribution in [-0.4, -0.2) is 32.4 Å². The van der Waals surface area contributed by atoms with E-state index in [9.17, 15) is 14.9 Å². The number of amides is 1. The number of anilines is 3. The molecule has 0 saturated heterocycles. The molecular weight excluding hydrogens is 521 g/mol. The standard InChI is InChI=1S/C24H19Cl2N7O4/c25-17-9-10-19(18(26)12-17)37-14-21(34)30-31-23-22(33(35)36)24(29-15-28-23)32(20-8-4-5-11-27-20)13-16-6-2-1-3-7-16/h1-12,15H,13-14H2,(H,30,34)(H,28,29,31).